The van der Waals surface area contributed by atoms with Gasteiger partial charge in [-0.1, -0.05) is 96.4 Å². The molecule has 2 aromatic rings. The van der Waals surface area contributed by atoms with Gasteiger partial charge in [0.1, 0.15) is 11.5 Å². The molecule has 10 heteroatoms. The van der Waals surface area contributed by atoms with E-state index in [2.05, 4.69) is 35.6 Å². The van der Waals surface area contributed by atoms with Gasteiger partial charge < -0.3 is 10.2 Å². The highest BCUT2D eigenvalue weighted by Crippen LogP contribution is 2.24. The van der Waals surface area contributed by atoms with Crippen molar-refractivity contribution in [2.45, 2.75) is 124 Å². The van der Waals surface area contributed by atoms with Crippen LogP contribution in [0.15, 0.2) is 36.4 Å². The Morgan fingerprint density at radius 1 is 0.609 bits per heavy atom. The first-order chi connectivity index (χ1) is 22.2. The number of amides is 4. The average molecular weight is 639 g/mol. The van der Waals surface area contributed by atoms with E-state index in [-0.39, 0.29) is 46.8 Å². The molecular formula is C36H54N4O6. The number of unbranched alkanes of at least 4 members (excludes halogenated alkanes) is 8. The summed E-state index contributed by atoms with van der Waals surface area (Å²) in [7, 11) is 0. The smallest absolute Gasteiger partial charge is 0.273 e. The number of phenols is 2. The fourth-order valence-electron chi connectivity index (χ4n) is 5.51. The van der Waals surface area contributed by atoms with E-state index in [1.54, 1.807) is 12.1 Å². The molecular weight excluding hydrogens is 584 g/mol. The first kappa shape index (κ1) is 38.1. The van der Waals surface area contributed by atoms with Gasteiger partial charge >= 0.3 is 0 Å². The monoisotopic (exact) mass is 638 g/mol. The zero-order valence-corrected chi connectivity index (χ0v) is 27.9. The Balaban J connectivity index is 1.66. The van der Waals surface area contributed by atoms with Crippen LogP contribution in [0.5, 0.6) is 11.5 Å². The molecule has 2 aromatic carbocycles. The van der Waals surface area contributed by atoms with E-state index >= 15 is 0 Å². The van der Waals surface area contributed by atoms with Gasteiger partial charge in [-0.15, -0.1) is 0 Å². The van der Waals surface area contributed by atoms with Crippen molar-refractivity contribution in [2.75, 3.05) is 0 Å². The van der Waals surface area contributed by atoms with Gasteiger partial charge in [0.05, 0.1) is 11.1 Å². The molecule has 1 atom stereocenters. The maximum atomic E-state index is 12.8. The van der Waals surface area contributed by atoms with E-state index in [9.17, 15) is 29.4 Å². The molecule has 0 radical (unpaired) electrons. The Labute approximate surface area is 274 Å². The number of aryl methyl sites for hydroxylation is 2. The van der Waals surface area contributed by atoms with Crippen molar-refractivity contribution in [3.63, 3.8) is 0 Å². The number of hydrogen-bond acceptors (Lipinski definition) is 6. The lowest BCUT2D eigenvalue weighted by molar-refractivity contribution is -0.126. The van der Waals surface area contributed by atoms with Crippen molar-refractivity contribution < 1.29 is 29.4 Å². The Hall–Kier alpha value is -4.08. The summed E-state index contributed by atoms with van der Waals surface area (Å²) >= 11 is 0. The van der Waals surface area contributed by atoms with Crippen molar-refractivity contribution in [1.82, 2.24) is 21.7 Å². The van der Waals surface area contributed by atoms with Gasteiger partial charge in [0.2, 0.25) is 11.8 Å². The fraction of sp³-hybridized carbons (Fsp3) is 0.556. The van der Waals surface area contributed by atoms with Crippen LogP contribution in [0.1, 0.15) is 143 Å². The molecule has 0 fully saturated rings. The SMILES string of the molecule is CCCCCc1cccc(O)c1C(=O)NNC(=O)CCCCCCCC(CC)C(=O)NNC(=O)c1c(O)cccc1CCCCC. The minimum atomic E-state index is -0.530. The zero-order chi connectivity index (χ0) is 33.7. The average Bonchev–Trinajstić information content (AvgIpc) is 3.04. The molecule has 0 aliphatic rings. The summed E-state index contributed by atoms with van der Waals surface area (Å²) in [5.74, 6) is -2.06. The van der Waals surface area contributed by atoms with Crippen molar-refractivity contribution in [2.24, 2.45) is 5.92 Å². The van der Waals surface area contributed by atoms with Crippen molar-refractivity contribution >= 4 is 23.6 Å². The second-order valence-electron chi connectivity index (χ2n) is 11.9. The lowest BCUT2D eigenvalue weighted by Crippen LogP contribution is -2.44. The maximum Gasteiger partial charge on any atom is 0.273 e. The summed E-state index contributed by atoms with van der Waals surface area (Å²) in [5.41, 5.74) is 11.8. The van der Waals surface area contributed by atoms with E-state index < -0.39 is 11.8 Å². The summed E-state index contributed by atoms with van der Waals surface area (Å²) in [6, 6.07) is 10.0. The lowest BCUT2D eigenvalue weighted by atomic mass is 9.97. The lowest BCUT2D eigenvalue weighted by Gasteiger charge is -2.17. The third-order valence-corrected chi connectivity index (χ3v) is 8.25. The standard InChI is InChI=1S/C36H54N4O6/c1-4-7-12-19-27-21-16-23-29(41)32(27)35(45)39-37-31(43)25-15-11-9-10-14-18-26(6-3)34(44)38-40-36(46)33-28(20-13-8-5-2)22-17-24-30(33)42/h16-17,21-24,26,41-42H,4-15,18-20,25H2,1-3H3,(H,37,43)(H,38,44)(H,39,45)(H,40,46). The maximum absolute atomic E-state index is 12.8. The van der Waals surface area contributed by atoms with Gasteiger partial charge in [-0.05, 0) is 68.2 Å². The molecule has 10 nitrogen and oxygen atoms in total. The quantitative estimate of drug-likeness (QED) is 0.0714. The molecule has 0 spiro atoms. The van der Waals surface area contributed by atoms with E-state index in [4.69, 9.17) is 0 Å². The summed E-state index contributed by atoms with van der Waals surface area (Å²) in [4.78, 5) is 50.5. The molecule has 1 unspecified atom stereocenters. The van der Waals surface area contributed by atoms with Crippen LogP contribution >= 0.6 is 0 Å². The van der Waals surface area contributed by atoms with Gasteiger partial charge in [-0.25, -0.2) is 0 Å². The van der Waals surface area contributed by atoms with Crippen LogP contribution in [0, 0.1) is 5.92 Å². The number of hydrazine groups is 2. The number of rotatable bonds is 20. The summed E-state index contributed by atoms with van der Waals surface area (Å²) in [5, 5.41) is 20.5. The van der Waals surface area contributed by atoms with Gasteiger partial charge in [-0.3, -0.25) is 40.9 Å². The van der Waals surface area contributed by atoms with E-state index in [0.717, 1.165) is 75.3 Å². The van der Waals surface area contributed by atoms with Crippen LogP contribution in [0.3, 0.4) is 0 Å². The summed E-state index contributed by atoms with van der Waals surface area (Å²) in [6.07, 6.45) is 13.1. The van der Waals surface area contributed by atoms with Crippen LogP contribution in [0.2, 0.25) is 0 Å². The molecule has 0 aliphatic carbocycles. The minimum Gasteiger partial charge on any atom is -0.507 e. The zero-order valence-electron chi connectivity index (χ0n) is 27.9. The number of phenolic OH excluding ortho intramolecular Hbond substituents is 2. The third-order valence-electron chi connectivity index (χ3n) is 8.25. The van der Waals surface area contributed by atoms with Gasteiger partial charge in [0.25, 0.3) is 11.8 Å². The number of carbonyl (C=O) groups excluding carboxylic acids is 4. The summed E-state index contributed by atoms with van der Waals surface area (Å²) in [6.45, 7) is 6.14. The van der Waals surface area contributed by atoms with Crippen molar-refractivity contribution in [3.8, 4) is 11.5 Å². The Kier molecular flexibility index (Phi) is 17.9. The van der Waals surface area contributed by atoms with Crippen LogP contribution < -0.4 is 21.7 Å². The number of carbonyl (C=O) groups is 4. The molecule has 0 saturated carbocycles. The van der Waals surface area contributed by atoms with Crippen LogP contribution in [-0.4, -0.2) is 33.8 Å². The molecule has 0 aromatic heterocycles. The summed E-state index contributed by atoms with van der Waals surface area (Å²) < 4.78 is 0. The Bertz CT molecular complexity index is 1270. The van der Waals surface area contributed by atoms with Crippen molar-refractivity contribution in [3.05, 3.63) is 58.7 Å². The molecule has 0 aliphatic heterocycles. The number of aromatic hydroxyl groups is 2. The van der Waals surface area contributed by atoms with Crippen LogP contribution in [0.4, 0.5) is 0 Å². The normalized spacial score (nSPS) is 11.5. The van der Waals surface area contributed by atoms with Gasteiger partial charge in [0.15, 0.2) is 0 Å². The molecule has 0 heterocycles. The Morgan fingerprint density at radius 3 is 1.63 bits per heavy atom. The fourth-order valence-corrected chi connectivity index (χ4v) is 5.51. The topological polar surface area (TPSA) is 157 Å². The molecule has 254 valence electrons. The predicted octanol–water partition coefficient (Wildman–Crippen LogP) is 6.54. The van der Waals surface area contributed by atoms with Crippen LogP contribution in [-0.2, 0) is 22.4 Å². The van der Waals surface area contributed by atoms with Crippen molar-refractivity contribution in [1.29, 1.82) is 0 Å². The van der Waals surface area contributed by atoms with Gasteiger partial charge in [-0.2, -0.15) is 0 Å². The predicted molar refractivity (Wildman–Crippen MR) is 180 cm³/mol. The molecule has 4 amide bonds. The molecule has 2 rings (SSSR count). The van der Waals surface area contributed by atoms with E-state index in [1.165, 1.54) is 12.1 Å². The second-order valence-corrected chi connectivity index (χ2v) is 11.9. The second kappa shape index (κ2) is 21.6. The number of hydrogen-bond donors (Lipinski definition) is 6. The molecule has 0 bridgehead atoms. The first-order valence-corrected chi connectivity index (χ1v) is 17.0. The molecule has 0 saturated heterocycles. The largest absolute Gasteiger partial charge is 0.507 e. The number of benzene rings is 2. The first-order valence-electron chi connectivity index (χ1n) is 17.0. The van der Waals surface area contributed by atoms with Crippen LogP contribution in [0.25, 0.3) is 0 Å². The molecule has 46 heavy (non-hydrogen) atoms. The highest BCUT2D eigenvalue weighted by atomic mass is 16.3. The number of nitrogens with one attached hydrogen (secondary N) is 4. The minimum absolute atomic E-state index is 0.103. The highest BCUT2D eigenvalue weighted by Gasteiger charge is 2.20. The van der Waals surface area contributed by atoms with E-state index in [1.807, 2.05) is 19.1 Å². The highest BCUT2D eigenvalue weighted by molar-refractivity contribution is 6.00. The van der Waals surface area contributed by atoms with Gasteiger partial charge in [0, 0.05) is 12.3 Å². The third kappa shape index (κ3) is 13.1. The molecule has 6 N–H and O–H groups in total. The Morgan fingerprint density at radius 2 is 1.11 bits per heavy atom. The van der Waals surface area contributed by atoms with E-state index in [0.29, 0.717) is 32.1 Å².